The summed E-state index contributed by atoms with van der Waals surface area (Å²) in [6.45, 7) is 3.82. The van der Waals surface area contributed by atoms with Gasteiger partial charge in [-0.25, -0.2) is 4.39 Å². The van der Waals surface area contributed by atoms with Gasteiger partial charge in [-0.15, -0.1) is 0 Å². The van der Waals surface area contributed by atoms with E-state index in [9.17, 15) is 9.18 Å². The standard InChI is InChI=1S/C25H24FIN4OS/c1-4-33(23-13-19(23)17-7-5-16(14-28)6-8-17)30-22-11-15(2)25(32)31(3)24(22)29-21-10-9-18(27)12-20(21)26/h4-12,19,23,29-30H,13H2,1-3H3. The Labute approximate surface area is 208 Å². The Hall–Kier alpha value is -2.64. The van der Waals surface area contributed by atoms with Gasteiger partial charge in [0.2, 0.25) is 0 Å². The van der Waals surface area contributed by atoms with Gasteiger partial charge >= 0.3 is 0 Å². The molecule has 1 aliphatic rings. The first kappa shape index (κ1) is 23.5. The maximum absolute atomic E-state index is 14.5. The molecule has 0 amide bonds. The number of hydrogen-bond donors (Lipinski definition) is 2. The molecule has 3 aromatic rings. The summed E-state index contributed by atoms with van der Waals surface area (Å²) >= 11 is 2.07. The second kappa shape index (κ2) is 9.69. The lowest BCUT2D eigenvalue weighted by Gasteiger charge is -2.20. The van der Waals surface area contributed by atoms with E-state index in [-0.39, 0.29) is 22.0 Å². The van der Waals surface area contributed by atoms with Gasteiger partial charge < -0.3 is 10.0 Å². The molecule has 1 fully saturated rings. The number of nitrogens with zero attached hydrogens (tertiary/aromatic N) is 2. The van der Waals surface area contributed by atoms with Crippen molar-refractivity contribution in [2.75, 3.05) is 10.0 Å². The van der Waals surface area contributed by atoms with Gasteiger partial charge in [0, 0.05) is 21.4 Å². The van der Waals surface area contributed by atoms with Gasteiger partial charge in [-0.2, -0.15) is 5.26 Å². The van der Waals surface area contributed by atoms with Crippen LogP contribution in [0.3, 0.4) is 0 Å². The van der Waals surface area contributed by atoms with Crippen LogP contribution in [0.5, 0.6) is 0 Å². The third kappa shape index (κ3) is 4.99. The summed E-state index contributed by atoms with van der Waals surface area (Å²) in [4.78, 5) is 12.6. The van der Waals surface area contributed by atoms with Crippen LogP contribution in [-0.2, 0) is 7.05 Å². The van der Waals surface area contributed by atoms with E-state index in [2.05, 4.69) is 44.1 Å². The second-order valence-electron chi connectivity index (χ2n) is 8.03. The predicted octanol–water partition coefficient (Wildman–Crippen LogP) is 6.03. The monoisotopic (exact) mass is 574 g/mol. The van der Waals surface area contributed by atoms with Crippen LogP contribution >= 0.6 is 33.3 Å². The van der Waals surface area contributed by atoms with E-state index in [4.69, 9.17) is 5.26 Å². The Morgan fingerprint density at radius 3 is 2.58 bits per heavy atom. The first-order valence-electron chi connectivity index (χ1n) is 10.5. The molecule has 0 bridgehead atoms. The number of aryl methyl sites for hydroxylation is 1. The maximum Gasteiger partial charge on any atom is 0.254 e. The molecule has 2 aromatic carbocycles. The van der Waals surface area contributed by atoms with Gasteiger partial charge in [-0.1, -0.05) is 22.8 Å². The summed E-state index contributed by atoms with van der Waals surface area (Å²) in [5.74, 6) is 0.578. The van der Waals surface area contributed by atoms with E-state index < -0.39 is 0 Å². The molecule has 170 valence electrons. The molecule has 1 aliphatic carbocycles. The van der Waals surface area contributed by atoms with Crippen molar-refractivity contribution in [3.63, 3.8) is 0 Å². The number of anilines is 3. The predicted molar refractivity (Wildman–Crippen MR) is 144 cm³/mol. The molecule has 0 aliphatic heterocycles. The molecule has 0 saturated heterocycles. The molecular weight excluding hydrogens is 550 g/mol. The van der Waals surface area contributed by atoms with Crippen molar-refractivity contribution in [2.45, 2.75) is 31.4 Å². The summed E-state index contributed by atoms with van der Waals surface area (Å²) in [6, 6.07) is 16.7. The molecule has 1 heterocycles. The quantitative estimate of drug-likeness (QED) is 0.279. The zero-order valence-corrected chi connectivity index (χ0v) is 21.5. The Bertz CT molecular complexity index is 1340. The Balaban J connectivity index is 1.62. The number of benzene rings is 2. The molecule has 3 atom stereocenters. The average molecular weight is 574 g/mol. The van der Waals surface area contributed by atoms with Crippen LogP contribution in [0.15, 0.2) is 53.3 Å². The van der Waals surface area contributed by atoms with Crippen LogP contribution < -0.4 is 15.6 Å². The average Bonchev–Trinajstić information content (AvgIpc) is 3.60. The topological polar surface area (TPSA) is 69.8 Å². The SMILES string of the molecule is CC=S(Nc1cc(C)c(=O)n(C)c1Nc1ccc(I)cc1F)C1CC1c1ccc(C#N)cc1. The summed E-state index contributed by atoms with van der Waals surface area (Å²) in [5.41, 5.74) is 3.47. The lowest BCUT2D eigenvalue weighted by molar-refractivity contribution is 0.630. The van der Waals surface area contributed by atoms with Crippen molar-refractivity contribution in [3.05, 3.63) is 85.0 Å². The van der Waals surface area contributed by atoms with E-state index >= 15 is 0 Å². The van der Waals surface area contributed by atoms with Gasteiger partial charge in [-0.3, -0.25) is 9.36 Å². The summed E-state index contributed by atoms with van der Waals surface area (Å²) in [5, 5.41) is 14.7. The van der Waals surface area contributed by atoms with Crippen LogP contribution in [0.2, 0.25) is 0 Å². The molecule has 2 N–H and O–H groups in total. The summed E-state index contributed by atoms with van der Waals surface area (Å²) < 4.78 is 20.5. The van der Waals surface area contributed by atoms with Gasteiger partial charge in [0.1, 0.15) is 11.6 Å². The number of halogens is 2. The smallest absolute Gasteiger partial charge is 0.254 e. The highest BCUT2D eigenvalue weighted by molar-refractivity contribution is 14.1. The molecule has 1 aromatic heterocycles. The number of nitriles is 1. The number of nitrogens with one attached hydrogen (secondary N) is 2. The summed E-state index contributed by atoms with van der Waals surface area (Å²) in [7, 11) is 1.44. The number of rotatable bonds is 6. The Kier molecular flexibility index (Phi) is 6.91. The fourth-order valence-corrected chi connectivity index (χ4v) is 6.29. The minimum Gasteiger partial charge on any atom is -0.337 e. The van der Waals surface area contributed by atoms with Gasteiger partial charge in [0.25, 0.3) is 5.56 Å². The molecule has 1 saturated carbocycles. The van der Waals surface area contributed by atoms with Gasteiger partial charge in [0.15, 0.2) is 0 Å². The van der Waals surface area contributed by atoms with Crippen molar-refractivity contribution in [1.82, 2.24) is 4.57 Å². The normalized spacial score (nSPS) is 17.9. The van der Waals surface area contributed by atoms with E-state index in [0.29, 0.717) is 33.8 Å². The van der Waals surface area contributed by atoms with Crippen molar-refractivity contribution >= 4 is 55.8 Å². The third-order valence-corrected chi connectivity index (χ3v) is 8.59. The molecule has 33 heavy (non-hydrogen) atoms. The molecular formula is C25H24FIN4OS. The van der Waals surface area contributed by atoms with E-state index in [1.165, 1.54) is 16.2 Å². The Morgan fingerprint density at radius 1 is 1.21 bits per heavy atom. The first-order chi connectivity index (χ1) is 15.8. The third-order valence-electron chi connectivity index (χ3n) is 5.79. The first-order valence-corrected chi connectivity index (χ1v) is 13.0. The van der Waals surface area contributed by atoms with E-state index in [1.807, 2.05) is 43.3 Å². The largest absolute Gasteiger partial charge is 0.337 e. The van der Waals surface area contributed by atoms with E-state index in [0.717, 1.165) is 15.7 Å². The van der Waals surface area contributed by atoms with Crippen LogP contribution in [0.1, 0.15) is 36.0 Å². The van der Waals surface area contributed by atoms with Gasteiger partial charge in [0.05, 0.1) is 23.0 Å². The highest BCUT2D eigenvalue weighted by Crippen LogP contribution is 2.52. The number of aromatic nitrogens is 1. The lowest BCUT2D eigenvalue weighted by atomic mass is 10.1. The highest BCUT2D eigenvalue weighted by atomic mass is 127. The molecule has 0 spiro atoms. The van der Waals surface area contributed by atoms with Crippen LogP contribution in [0.4, 0.5) is 21.6 Å². The van der Waals surface area contributed by atoms with Crippen LogP contribution in [0, 0.1) is 27.6 Å². The lowest BCUT2D eigenvalue weighted by Crippen LogP contribution is -2.23. The number of pyridine rings is 1. The van der Waals surface area contributed by atoms with Crippen molar-refractivity contribution < 1.29 is 4.39 Å². The zero-order chi connectivity index (χ0) is 23.7. The minimum atomic E-state index is -0.370. The zero-order valence-electron chi connectivity index (χ0n) is 18.5. The molecule has 3 unspecified atom stereocenters. The molecule has 0 radical (unpaired) electrons. The fourth-order valence-electron chi connectivity index (χ4n) is 3.89. The molecule has 4 rings (SSSR count). The van der Waals surface area contributed by atoms with Crippen LogP contribution in [-0.4, -0.2) is 15.2 Å². The fraction of sp³-hybridized carbons (Fsp3) is 0.240. The van der Waals surface area contributed by atoms with Crippen molar-refractivity contribution in [2.24, 2.45) is 7.05 Å². The van der Waals surface area contributed by atoms with E-state index in [1.54, 1.807) is 20.0 Å². The molecule has 5 nitrogen and oxygen atoms in total. The van der Waals surface area contributed by atoms with Crippen LogP contribution in [0.25, 0.3) is 0 Å². The Morgan fingerprint density at radius 2 is 1.94 bits per heavy atom. The maximum atomic E-state index is 14.5. The van der Waals surface area contributed by atoms with Crippen molar-refractivity contribution in [1.29, 1.82) is 5.26 Å². The minimum absolute atomic E-state index is 0.129. The highest BCUT2D eigenvalue weighted by Gasteiger charge is 2.40. The molecule has 8 heteroatoms. The summed E-state index contributed by atoms with van der Waals surface area (Å²) in [6.07, 6.45) is 1.05. The van der Waals surface area contributed by atoms with Gasteiger partial charge in [-0.05, 0) is 96.1 Å². The second-order valence-corrected chi connectivity index (χ2v) is 11.3. The van der Waals surface area contributed by atoms with Crippen molar-refractivity contribution in [3.8, 4) is 6.07 Å². The number of hydrogen-bond acceptors (Lipinski definition) is 4.